The van der Waals surface area contributed by atoms with Gasteiger partial charge in [-0.15, -0.1) is 11.3 Å². The van der Waals surface area contributed by atoms with Crippen LogP contribution in [0.3, 0.4) is 0 Å². The molecule has 3 rings (SSSR count). The van der Waals surface area contributed by atoms with E-state index in [1.807, 2.05) is 29.3 Å². The van der Waals surface area contributed by atoms with Crippen LogP contribution in [0.1, 0.15) is 36.2 Å². The van der Waals surface area contributed by atoms with Crippen molar-refractivity contribution in [1.29, 1.82) is 0 Å². The van der Waals surface area contributed by atoms with E-state index in [-0.39, 0.29) is 6.04 Å². The fourth-order valence-electron chi connectivity index (χ4n) is 2.72. The Kier molecular flexibility index (Phi) is 4.08. The lowest BCUT2D eigenvalue weighted by molar-refractivity contribution is 0.598. The molecule has 1 unspecified atom stereocenters. The lowest BCUT2D eigenvalue weighted by Crippen LogP contribution is -2.23. The van der Waals surface area contributed by atoms with Crippen molar-refractivity contribution < 1.29 is 0 Å². The highest BCUT2D eigenvalue weighted by molar-refractivity contribution is 7.17. The quantitative estimate of drug-likeness (QED) is 0.771. The number of hydrogen-bond acceptors (Lipinski definition) is 3. The molecule has 4 heteroatoms. The number of hydrogen-bond donors (Lipinski definition) is 1. The van der Waals surface area contributed by atoms with E-state index in [2.05, 4.69) is 53.9 Å². The first-order valence-electron chi connectivity index (χ1n) is 7.40. The Morgan fingerprint density at radius 1 is 1.29 bits per heavy atom. The van der Waals surface area contributed by atoms with Crippen molar-refractivity contribution in [3.63, 3.8) is 0 Å². The van der Waals surface area contributed by atoms with E-state index >= 15 is 0 Å². The third-order valence-corrected chi connectivity index (χ3v) is 4.98. The van der Waals surface area contributed by atoms with Crippen molar-refractivity contribution in [2.24, 2.45) is 7.05 Å². The van der Waals surface area contributed by atoms with Crippen LogP contribution in [0.4, 0.5) is 0 Å². The molecule has 0 amide bonds. The Morgan fingerprint density at radius 3 is 2.86 bits per heavy atom. The summed E-state index contributed by atoms with van der Waals surface area (Å²) in [6.45, 7) is 5.34. The molecule has 0 aliphatic heterocycles. The summed E-state index contributed by atoms with van der Waals surface area (Å²) in [6.07, 6.45) is 3.12. The third kappa shape index (κ3) is 2.61. The van der Waals surface area contributed by atoms with Gasteiger partial charge in [0.1, 0.15) is 0 Å². The Balaban J connectivity index is 2.11. The fourth-order valence-corrected chi connectivity index (χ4v) is 3.66. The minimum Gasteiger partial charge on any atom is -0.306 e. The van der Waals surface area contributed by atoms with Crippen molar-refractivity contribution in [1.82, 2.24) is 15.1 Å². The molecule has 1 aromatic carbocycles. The van der Waals surface area contributed by atoms with Gasteiger partial charge in [0.25, 0.3) is 0 Å². The first-order valence-corrected chi connectivity index (χ1v) is 8.28. The van der Waals surface area contributed by atoms with Gasteiger partial charge in [0.15, 0.2) is 0 Å². The van der Waals surface area contributed by atoms with Crippen molar-refractivity contribution in [2.75, 3.05) is 6.54 Å². The van der Waals surface area contributed by atoms with Crippen LogP contribution >= 0.6 is 11.3 Å². The van der Waals surface area contributed by atoms with Crippen LogP contribution in [0, 0.1) is 6.92 Å². The van der Waals surface area contributed by atoms with E-state index in [1.54, 1.807) is 0 Å². The normalized spacial score (nSPS) is 12.9. The molecular formula is C17H21N3S. The average Bonchev–Trinajstić information content (AvgIpc) is 3.09. The highest BCUT2D eigenvalue weighted by atomic mass is 32.1. The summed E-state index contributed by atoms with van der Waals surface area (Å²) >= 11 is 1.82. The topological polar surface area (TPSA) is 29.9 Å². The first-order chi connectivity index (χ1) is 10.2. The molecule has 0 saturated carbocycles. The van der Waals surface area contributed by atoms with E-state index in [4.69, 9.17) is 0 Å². The molecule has 1 N–H and O–H groups in total. The van der Waals surface area contributed by atoms with Crippen molar-refractivity contribution in [3.8, 4) is 0 Å². The molecule has 3 aromatic rings. The molecule has 0 aliphatic rings. The van der Waals surface area contributed by atoms with Crippen LogP contribution in [0.15, 0.2) is 35.8 Å². The molecule has 2 aromatic heterocycles. The van der Waals surface area contributed by atoms with Gasteiger partial charge < -0.3 is 5.32 Å². The monoisotopic (exact) mass is 299 g/mol. The van der Waals surface area contributed by atoms with Gasteiger partial charge >= 0.3 is 0 Å². The summed E-state index contributed by atoms with van der Waals surface area (Å²) < 4.78 is 3.32. The molecule has 0 saturated heterocycles. The second kappa shape index (κ2) is 6.00. The van der Waals surface area contributed by atoms with Gasteiger partial charge in [-0.05, 0) is 42.3 Å². The summed E-state index contributed by atoms with van der Waals surface area (Å²) in [5.74, 6) is 0. The summed E-state index contributed by atoms with van der Waals surface area (Å²) in [6, 6.07) is 8.97. The highest BCUT2D eigenvalue weighted by Gasteiger charge is 2.20. The summed E-state index contributed by atoms with van der Waals surface area (Å²) in [5, 5.41) is 11.6. The molecule has 2 heterocycles. The summed E-state index contributed by atoms with van der Waals surface area (Å²) in [4.78, 5) is 0. The minimum atomic E-state index is 0.209. The molecule has 0 radical (unpaired) electrons. The van der Waals surface area contributed by atoms with Gasteiger partial charge in [-0.1, -0.05) is 25.1 Å². The SMILES string of the molecule is CCCNC(c1cnn(C)c1C)c1cccc2ccsc12. The van der Waals surface area contributed by atoms with Crippen LogP contribution in [0.5, 0.6) is 0 Å². The van der Waals surface area contributed by atoms with Gasteiger partial charge in [-0.2, -0.15) is 5.10 Å². The van der Waals surface area contributed by atoms with Crippen LogP contribution in [-0.4, -0.2) is 16.3 Å². The Bertz CT molecular complexity index is 741. The molecule has 0 fully saturated rings. The zero-order chi connectivity index (χ0) is 14.8. The maximum atomic E-state index is 4.42. The van der Waals surface area contributed by atoms with Crippen LogP contribution in [0.25, 0.3) is 10.1 Å². The van der Waals surface area contributed by atoms with Crippen molar-refractivity contribution in [2.45, 2.75) is 26.3 Å². The Morgan fingerprint density at radius 2 is 2.14 bits per heavy atom. The van der Waals surface area contributed by atoms with Crippen LogP contribution in [0.2, 0.25) is 0 Å². The number of nitrogens with zero attached hydrogens (tertiary/aromatic N) is 2. The maximum absolute atomic E-state index is 4.42. The van der Waals surface area contributed by atoms with Gasteiger partial charge in [0.05, 0.1) is 12.2 Å². The molecule has 0 aliphatic carbocycles. The van der Waals surface area contributed by atoms with E-state index < -0.39 is 0 Å². The molecule has 21 heavy (non-hydrogen) atoms. The van der Waals surface area contributed by atoms with Gasteiger partial charge in [0, 0.05) is 23.0 Å². The molecule has 110 valence electrons. The largest absolute Gasteiger partial charge is 0.306 e. The van der Waals surface area contributed by atoms with E-state index in [0.717, 1.165) is 13.0 Å². The predicted octanol–water partition coefficient (Wildman–Crippen LogP) is 4.03. The van der Waals surface area contributed by atoms with Crippen molar-refractivity contribution >= 4 is 21.4 Å². The predicted molar refractivity (Wildman–Crippen MR) is 89.9 cm³/mol. The summed E-state index contributed by atoms with van der Waals surface area (Å²) in [5.41, 5.74) is 3.84. The van der Waals surface area contributed by atoms with Gasteiger partial charge in [-0.3, -0.25) is 4.68 Å². The second-order valence-corrected chi connectivity index (χ2v) is 6.30. The molecule has 0 bridgehead atoms. The summed E-state index contributed by atoms with van der Waals surface area (Å²) in [7, 11) is 2.00. The highest BCUT2D eigenvalue weighted by Crippen LogP contribution is 2.33. The average molecular weight is 299 g/mol. The van der Waals surface area contributed by atoms with Crippen LogP contribution in [-0.2, 0) is 7.05 Å². The number of aryl methyl sites for hydroxylation is 1. The molecule has 0 spiro atoms. The lowest BCUT2D eigenvalue weighted by Gasteiger charge is -2.20. The molecule has 3 nitrogen and oxygen atoms in total. The number of aromatic nitrogens is 2. The van der Waals surface area contributed by atoms with Crippen molar-refractivity contribution in [3.05, 3.63) is 52.7 Å². The van der Waals surface area contributed by atoms with E-state index in [9.17, 15) is 0 Å². The Labute approximate surface area is 129 Å². The van der Waals surface area contributed by atoms with Crippen LogP contribution < -0.4 is 5.32 Å². The van der Waals surface area contributed by atoms with Gasteiger partial charge in [0.2, 0.25) is 0 Å². The maximum Gasteiger partial charge on any atom is 0.0624 e. The molecular weight excluding hydrogens is 278 g/mol. The van der Waals surface area contributed by atoms with E-state index in [1.165, 1.54) is 26.9 Å². The minimum absolute atomic E-state index is 0.209. The zero-order valence-corrected chi connectivity index (χ0v) is 13.6. The second-order valence-electron chi connectivity index (χ2n) is 5.38. The number of nitrogens with one attached hydrogen (secondary N) is 1. The fraction of sp³-hybridized carbons (Fsp3) is 0.353. The van der Waals surface area contributed by atoms with Gasteiger partial charge in [-0.25, -0.2) is 0 Å². The smallest absolute Gasteiger partial charge is 0.0624 e. The lowest BCUT2D eigenvalue weighted by atomic mass is 9.98. The first kappa shape index (κ1) is 14.3. The Hall–Kier alpha value is -1.65. The number of thiophene rings is 1. The van der Waals surface area contributed by atoms with E-state index in [0.29, 0.717) is 0 Å². The standard InChI is InChI=1S/C17H21N3S/c1-4-9-18-16(15-11-19-20(3)12(15)2)14-7-5-6-13-8-10-21-17(13)14/h5-8,10-11,16,18H,4,9H2,1-3H3. The number of fused-ring (bicyclic) bond motifs is 1. The molecule has 1 atom stereocenters. The third-order valence-electron chi connectivity index (χ3n) is 4.00. The number of benzene rings is 1. The number of rotatable bonds is 5. The zero-order valence-electron chi connectivity index (χ0n) is 12.8.